The lowest BCUT2D eigenvalue weighted by Crippen LogP contribution is -2.30. The summed E-state index contributed by atoms with van der Waals surface area (Å²) in [7, 11) is 0. The van der Waals surface area contributed by atoms with Crippen LogP contribution in [-0.4, -0.2) is 29.5 Å². The molecule has 0 spiro atoms. The molecule has 0 aromatic heterocycles. The summed E-state index contributed by atoms with van der Waals surface area (Å²) in [6.45, 7) is 2.89. The van der Waals surface area contributed by atoms with E-state index in [1.807, 2.05) is 0 Å². The molecule has 1 N–H and O–H groups in total. The third-order valence-electron chi connectivity index (χ3n) is 3.96. The van der Waals surface area contributed by atoms with Gasteiger partial charge in [-0.05, 0) is 62.4 Å². The first kappa shape index (κ1) is 21.3. The van der Waals surface area contributed by atoms with E-state index in [0.29, 0.717) is 21.8 Å². The molecule has 28 heavy (non-hydrogen) atoms. The lowest BCUT2D eigenvalue weighted by Gasteiger charge is -2.13. The van der Waals surface area contributed by atoms with Gasteiger partial charge in [0.15, 0.2) is 17.7 Å². The van der Waals surface area contributed by atoms with E-state index in [1.54, 1.807) is 48.5 Å². The number of benzene rings is 2. The largest absolute Gasteiger partial charge is 0.453 e. The molecule has 0 aliphatic carbocycles. The number of ketones is 2. The van der Waals surface area contributed by atoms with Crippen LogP contribution in [0.3, 0.4) is 0 Å². The van der Waals surface area contributed by atoms with Crippen LogP contribution in [0.15, 0.2) is 48.5 Å². The molecule has 0 fully saturated rings. The Kier molecular flexibility index (Phi) is 7.46. The first-order valence-electron chi connectivity index (χ1n) is 8.66. The van der Waals surface area contributed by atoms with Gasteiger partial charge in [0.1, 0.15) is 0 Å². The number of rotatable bonds is 8. The van der Waals surface area contributed by atoms with Gasteiger partial charge in [-0.25, -0.2) is 0 Å². The summed E-state index contributed by atoms with van der Waals surface area (Å²) in [6, 6.07) is 12.7. The molecule has 7 heteroatoms. The van der Waals surface area contributed by atoms with Crippen LogP contribution in [-0.2, 0) is 14.3 Å². The second-order valence-corrected chi connectivity index (χ2v) is 6.62. The smallest absolute Gasteiger partial charge is 0.307 e. The van der Waals surface area contributed by atoms with Crippen LogP contribution in [0.25, 0.3) is 0 Å². The Morgan fingerprint density at radius 2 is 1.50 bits per heavy atom. The maximum absolute atomic E-state index is 12.1. The van der Waals surface area contributed by atoms with Gasteiger partial charge in [0.25, 0.3) is 5.91 Å². The maximum Gasteiger partial charge on any atom is 0.307 e. The normalized spacial score (nSPS) is 11.4. The fourth-order valence-electron chi connectivity index (χ4n) is 2.34. The molecule has 146 valence electrons. The van der Waals surface area contributed by atoms with Crippen LogP contribution >= 0.6 is 11.6 Å². The molecule has 0 radical (unpaired) electrons. The predicted molar refractivity (Wildman–Crippen MR) is 106 cm³/mol. The Morgan fingerprint density at radius 3 is 2.07 bits per heavy atom. The van der Waals surface area contributed by atoms with E-state index < -0.39 is 18.0 Å². The summed E-state index contributed by atoms with van der Waals surface area (Å²) in [6.07, 6.45) is -1.18. The van der Waals surface area contributed by atoms with Crippen molar-refractivity contribution in [3.05, 3.63) is 64.7 Å². The lowest BCUT2D eigenvalue weighted by molar-refractivity contribution is -0.153. The first-order chi connectivity index (χ1) is 13.3. The summed E-state index contributed by atoms with van der Waals surface area (Å²) in [4.78, 5) is 47.3. The van der Waals surface area contributed by atoms with Crippen molar-refractivity contribution in [3.8, 4) is 0 Å². The van der Waals surface area contributed by atoms with Gasteiger partial charge in [-0.1, -0.05) is 11.6 Å². The maximum atomic E-state index is 12.1. The third-order valence-corrected chi connectivity index (χ3v) is 4.21. The molecule has 0 aliphatic rings. The van der Waals surface area contributed by atoms with Gasteiger partial charge in [0, 0.05) is 28.3 Å². The first-order valence-corrected chi connectivity index (χ1v) is 9.04. The van der Waals surface area contributed by atoms with Crippen molar-refractivity contribution in [2.75, 3.05) is 5.32 Å². The fourth-order valence-corrected chi connectivity index (χ4v) is 2.46. The molecular weight excluding hydrogens is 382 g/mol. The predicted octanol–water partition coefficient (Wildman–Crippen LogP) is 4.08. The summed E-state index contributed by atoms with van der Waals surface area (Å²) in [5.74, 6) is -1.44. The molecule has 2 aromatic carbocycles. The average molecular weight is 402 g/mol. The highest BCUT2D eigenvalue weighted by Gasteiger charge is 2.19. The van der Waals surface area contributed by atoms with Gasteiger partial charge in [0.2, 0.25) is 0 Å². The standard InChI is InChI=1S/C21H20ClNO5/c1-13(24)15-5-9-18(10-6-15)23-21(27)14(2)28-20(26)12-11-19(25)16-3-7-17(22)8-4-16/h3-10,14H,11-12H2,1-2H3,(H,23,27). The van der Waals surface area contributed by atoms with Gasteiger partial charge in [-0.3, -0.25) is 19.2 Å². The number of esters is 1. The van der Waals surface area contributed by atoms with E-state index in [0.717, 1.165) is 0 Å². The molecule has 0 saturated carbocycles. The van der Waals surface area contributed by atoms with Crippen molar-refractivity contribution in [1.29, 1.82) is 0 Å². The number of hydrogen-bond acceptors (Lipinski definition) is 5. The molecule has 0 heterocycles. The molecule has 0 aliphatic heterocycles. The number of hydrogen-bond donors (Lipinski definition) is 1. The Hall–Kier alpha value is -2.99. The molecule has 1 atom stereocenters. The number of halogens is 1. The van der Waals surface area contributed by atoms with Crippen LogP contribution in [0.5, 0.6) is 0 Å². The molecule has 0 saturated heterocycles. The highest BCUT2D eigenvalue weighted by atomic mass is 35.5. The number of ether oxygens (including phenoxy) is 1. The Labute approximate surface area is 167 Å². The lowest BCUT2D eigenvalue weighted by atomic mass is 10.1. The van der Waals surface area contributed by atoms with Crippen molar-refractivity contribution >= 4 is 40.7 Å². The topological polar surface area (TPSA) is 89.5 Å². The molecule has 2 rings (SSSR count). The monoisotopic (exact) mass is 401 g/mol. The van der Waals surface area contributed by atoms with Crippen molar-refractivity contribution in [3.63, 3.8) is 0 Å². The van der Waals surface area contributed by atoms with E-state index in [9.17, 15) is 19.2 Å². The van der Waals surface area contributed by atoms with Crippen molar-refractivity contribution in [1.82, 2.24) is 0 Å². The van der Waals surface area contributed by atoms with Crippen LogP contribution in [0.1, 0.15) is 47.4 Å². The zero-order valence-electron chi connectivity index (χ0n) is 15.5. The molecular formula is C21H20ClNO5. The van der Waals surface area contributed by atoms with E-state index in [-0.39, 0.29) is 24.4 Å². The third kappa shape index (κ3) is 6.32. The molecule has 2 aromatic rings. The van der Waals surface area contributed by atoms with Crippen LogP contribution in [0, 0.1) is 0 Å². The minimum absolute atomic E-state index is 0.0265. The summed E-state index contributed by atoms with van der Waals surface area (Å²) >= 11 is 5.77. The number of Topliss-reactive ketones (excluding diaryl/α,β-unsaturated/α-hetero) is 2. The quantitative estimate of drug-likeness (QED) is 0.531. The number of carbonyl (C=O) groups is 4. The van der Waals surface area contributed by atoms with Crippen molar-refractivity contribution < 1.29 is 23.9 Å². The second-order valence-electron chi connectivity index (χ2n) is 6.18. The molecule has 1 amide bonds. The fraction of sp³-hybridized carbons (Fsp3) is 0.238. The number of anilines is 1. The second kappa shape index (κ2) is 9.80. The van der Waals surface area contributed by atoms with E-state index in [2.05, 4.69) is 5.32 Å². The van der Waals surface area contributed by atoms with Gasteiger partial charge in [0.05, 0.1) is 6.42 Å². The molecule has 6 nitrogen and oxygen atoms in total. The minimum atomic E-state index is -1.02. The Bertz CT molecular complexity index is 875. The number of amides is 1. The van der Waals surface area contributed by atoms with E-state index in [4.69, 9.17) is 16.3 Å². The summed E-state index contributed by atoms with van der Waals surface area (Å²) in [5, 5.41) is 3.12. The van der Waals surface area contributed by atoms with Gasteiger partial charge < -0.3 is 10.1 Å². The van der Waals surface area contributed by atoms with Crippen molar-refractivity contribution in [2.45, 2.75) is 32.8 Å². The summed E-state index contributed by atoms with van der Waals surface area (Å²) < 4.78 is 5.07. The van der Waals surface area contributed by atoms with E-state index >= 15 is 0 Å². The molecule has 1 unspecified atom stereocenters. The Balaban J connectivity index is 1.80. The average Bonchev–Trinajstić information content (AvgIpc) is 2.67. The Morgan fingerprint density at radius 1 is 0.929 bits per heavy atom. The summed E-state index contributed by atoms with van der Waals surface area (Å²) in [5.41, 5.74) is 1.47. The van der Waals surface area contributed by atoms with Gasteiger partial charge >= 0.3 is 5.97 Å². The number of carbonyl (C=O) groups excluding carboxylic acids is 4. The van der Waals surface area contributed by atoms with Crippen molar-refractivity contribution in [2.24, 2.45) is 0 Å². The van der Waals surface area contributed by atoms with Crippen LogP contribution < -0.4 is 5.32 Å². The van der Waals surface area contributed by atoms with Gasteiger partial charge in [-0.2, -0.15) is 0 Å². The van der Waals surface area contributed by atoms with Crippen LogP contribution in [0.2, 0.25) is 5.02 Å². The zero-order chi connectivity index (χ0) is 20.7. The SMILES string of the molecule is CC(=O)c1ccc(NC(=O)C(C)OC(=O)CCC(=O)c2ccc(Cl)cc2)cc1. The zero-order valence-corrected chi connectivity index (χ0v) is 16.3. The minimum Gasteiger partial charge on any atom is -0.453 e. The highest BCUT2D eigenvalue weighted by molar-refractivity contribution is 6.30. The van der Waals surface area contributed by atoms with Gasteiger partial charge in [-0.15, -0.1) is 0 Å². The molecule has 0 bridgehead atoms. The van der Waals surface area contributed by atoms with Crippen LogP contribution in [0.4, 0.5) is 5.69 Å². The van der Waals surface area contributed by atoms with E-state index in [1.165, 1.54) is 13.8 Å². The highest BCUT2D eigenvalue weighted by Crippen LogP contribution is 2.13. The number of nitrogens with one attached hydrogen (secondary N) is 1.